The second kappa shape index (κ2) is 4.56. The third kappa shape index (κ3) is 2.19. The second-order valence-corrected chi connectivity index (χ2v) is 6.91. The molecule has 1 saturated heterocycles. The molecule has 2 fully saturated rings. The lowest BCUT2D eigenvalue weighted by molar-refractivity contribution is -0.118. The van der Waals surface area contributed by atoms with E-state index in [0.29, 0.717) is 6.04 Å². The van der Waals surface area contributed by atoms with Gasteiger partial charge in [0.25, 0.3) is 0 Å². The number of carbonyl (C=O) groups is 1. The summed E-state index contributed by atoms with van der Waals surface area (Å²) in [5.74, 6) is 0.234. The van der Waals surface area contributed by atoms with Gasteiger partial charge in [0.15, 0.2) is 5.13 Å². The van der Waals surface area contributed by atoms with Crippen molar-refractivity contribution in [2.45, 2.75) is 57.0 Å². The van der Waals surface area contributed by atoms with Crippen molar-refractivity contribution in [1.82, 2.24) is 10.3 Å². The first kappa shape index (κ1) is 11.9. The van der Waals surface area contributed by atoms with Gasteiger partial charge in [0, 0.05) is 17.5 Å². The molecule has 5 heteroatoms. The molecule has 0 aromatic carbocycles. The number of nitrogens with zero attached hydrogens (tertiary/aromatic N) is 2. The summed E-state index contributed by atoms with van der Waals surface area (Å²) < 4.78 is 0. The van der Waals surface area contributed by atoms with Crippen LogP contribution < -0.4 is 10.2 Å². The number of rotatable bonds is 3. The van der Waals surface area contributed by atoms with Crippen LogP contribution in [0.15, 0.2) is 0 Å². The van der Waals surface area contributed by atoms with Crippen LogP contribution in [0.1, 0.15) is 42.7 Å². The summed E-state index contributed by atoms with van der Waals surface area (Å²) in [7, 11) is 0. The Morgan fingerprint density at radius 3 is 2.84 bits per heavy atom. The highest BCUT2D eigenvalue weighted by Gasteiger charge is 2.37. The van der Waals surface area contributed by atoms with Gasteiger partial charge in [0.1, 0.15) is 0 Å². The largest absolute Gasteiger partial charge is 0.303 e. The maximum absolute atomic E-state index is 12.4. The van der Waals surface area contributed by atoms with Gasteiger partial charge in [0.2, 0.25) is 5.91 Å². The lowest BCUT2D eigenvalue weighted by Gasteiger charge is -2.13. The first-order valence-electron chi connectivity index (χ1n) is 7.37. The molecule has 102 valence electrons. The average molecular weight is 277 g/mol. The Hall–Kier alpha value is -0.940. The van der Waals surface area contributed by atoms with E-state index in [1.54, 1.807) is 11.3 Å². The number of thiazole rings is 1. The van der Waals surface area contributed by atoms with Gasteiger partial charge >= 0.3 is 0 Å². The number of anilines is 1. The molecule has 1 aromatic heterocycles. The Morgan fingerprint density at radius 2 is 2.05 bits per heavy atom. The molecular formula is C14H19N3OS. The third-order valence-corrected chi connectivity index (χ3v) is 5.47. The molecule has 2 heterocycles. The molecule has 0 radical (unpaired) electrons. The number of hydrogen-bond donors (Lipinski definition) is 1. The Balaban J connectivity index is 1.52. The number of hydrogen-bond acceptors (Lipinski definition) is 4. The molecule has 1 amide bonds. The van der Waals surface area contributed by atoms with E-state index in [1.807, 2.05) is 4.90 Å². The van der Waals surface area contributed by atoms with Crippen molar-refractivity contribution in [3.05, 3.63) is 10.6 Å². The summed E-state index contributed by atoms with van der Waals surface area (Å²) in [4.78, 5) is 20.4. The molecule has 1 aliphatic heterocycles. The highest BCUT2D eigenvalue weighted by atomic mass is 32.1. The van der Waals surface area contributed by atoms with E-state index in [1.165, 1.54) is 36.3 Å². The van der Waals surface area contributed by atoms with Crippen LogP contribution in [0.4, 0.5) is 5.13 Å². The van der Waals surface area contributed by atoms with E-state index in [2.05, 4.69) is 5.32 Å². The summed E-state index contributed by atoms with van der Waals surface area (Å²) in [5, 5.41) is 4.39. The first-order chi connectivity index (χ1) is 9.31. The van der Waals surface area contributed by atoms with Crippen LogP contribution in [0.25, 0.3) is 0 Å². The molecule has 1 atom stereocenters. The van der Waals surface area contributed by atoms with Crippen molar-refractivity contribution in [3.8, 4) is 0 Å². The number of aryl methyl sites for hydroxylation is 2. The Bertz CT molecular complexity index is 485. The fourth-order valence-electron chi connectivity index (χ4n) is 3.01. The molecule has 0 spiro atoms. The standard InChI is InChI=1S/C14H19N3OS/c18-13-11(15-9-5-6-9)7-8-17(13)14-16-10-3-1-2-4-12(10)19-14/h9,11,15H,1-8H2. The lowest BCUT2D eigenvalue weighted by atomic mass is 10.0. The monoisotopic (exact) mass is 277 g/mol. The van der Waals surface area contributed by atoms with Crippen LogP contribution in [0.5, 0.6) is 0 Å². The zero-order valence-electron chi connectivity index (χ0n) is 11.0. The van der Waals surface area contributed by atoms with Gasteiger partial charge < -0.3 is 5.32 Å². The van der Waals surface area contributed by atoms with Crippen molar-refractivity contribution in [1.29, 1.82) is 0 Å². The Morgan fingerprint density at radius 1 is 1.21 bits per heavy atom. The van der Waals surface area contributed by atoms with Crippen molar-refractivity contribution in [3.63, 3.8) is 0 Å². The number of amides is 1. The molecule has 1 aromatic rings. The van der Waals surface area contributed by atoms with E-state index >= 15 is 0 Å². The smallest absolute Gasteiger partial charge is 0.245 e. The first-order valence-corrected chi connectivity index (χ1v) is 8.19. The molecule has 2 aliphatic carbocycles. The van der Waals surface area contributed by atoms with Gasteiger partial charge in [-0.2, -0.15) is 0 Å². The SMILES string of the molecule is O=C1C(NC2CC2)CCN1c1nc2c(s1)CCCC2. The normalized spacial score (nSPS) is 26.8. The van der Waals surface area contributed by atoms with E-state index in [0.717, 1.165) is 30.9 Å². The number of fused-ring (bicyclic) bond motifs is 1. The van der Waals surface area contributed by atoms with Gasteiger partial charge in [-0.05, 0) is 44.9 Å². The van der Waals surface area contributed by atoms with E-state index in [4.69, 9.17) is 4.98 Å². The number of aromatic nitrogens is 1. The van der Waals surface area contributed by atoms with E-state index in [9.17, 15) is 4.79 Å². The van der Waals surface area contributed by atoms with Crippen molar-refractivity contribution in [2.75, 3.05) is 11.4 Å². The van der Waals surface area contributed by atoms with Gasteiger partial charge in [-0.25, -0.2) is 4.98 Å². The predicted octanol–water partition coefficient (Wildman–Crippen LogP) is 1.88. The summed E-state index contributed by atoms with van der Waals surface area (Å²) in [6, 6.07) is 0.631. The fourth-order valence-corrected chi connectivity index (χ4v) is 4.19. The molecule has 1 saturated carbocycles. The van der Waals surface area contributed by atoms with Crippen LogP contribution in [0, 0.1) is 0 Å². The second-order valence-electron chi connectivity index (χ2n) is 5.85. The molecular weight excluding hydrogens is 258 g/mol. The predicted molar refractivity (Wildman–Crippen MR) is 75.7 cm³/mol. The molecule has 19 heavy (non-hydrogen) atoms. The quantitative estimate of drug-likeness (QED) is 0.917. The topological polar surface area (TPSA) is 45.2 Å². The summed E-state index contributed by atoms with van der Waals surface area (Å²) in [6.07, 6.45) is 8.16. The lowest BCUT2D eigenvalue weighted by Crippen LogP contribution is -2.39. The maximum Gasteiger partial charge on any atom is 0.245 e. The Labute approximate surface area is 117 Å². The van der Waals surface area contributed by atoms with Crippen molar-refractivity contribution >= 4 is 22.4 Å². The van der Waals surface area contributed by atoms with Gasteiger partial charge in [0.05, 0.1) is 11.7 Å². The highest BCUT2D eigenvalue weighted by molar-refractivity contribution is 7.16. The van der Waals surface area contributed by atoms with Crippen molar-refractivity contribution in [2.24, 2.45) is 0 Å². The third-order valence-electron chi connectivity index (χ3n) is 4.29. The minimum Gasteiger partial charge on any atom is -0.303 e. The fraction of sp³-hybridized carbons (Fsp3) is 0.714. The minimum atomic E-state index is 0.0356. The molecule has 3 aliphatic rings. The molecule has 1 unspecified atom stereocenters. The summed E-state index contributed by atoms with van der Waals surface area (Å²) in [6.45, 7) is 0.829. The zero-order valence-corrected chi connectivity index (χ0v) is 11.8. The number of carbonyl (C=O) groups excluding carboxylic acids is 1. The summed E-state index contributed by atoms with van der Waals surface area (Å²) in [5.41, 5.74) is 1.25. The molecule has 4 rings (SSSR count). The zero-order chi connectivity index (χ0) is 12.8. The minimum absolute atomic E-state index is 0.0356. The van der Waals surface area contributed by atoms with Crippen LogP contribution in [0.2, 0.25) is 0 Å². The highest BCUT2D eigenvalue weighted by Crippen LogP contribution is 2.34. The van der Waals surface area contributed by atoms with Crippen LogP contribution >= 0.6 is 11.3 Å². The van der Waals surface area contributed by atoms with E-state index in [-0.39, 0.29) is 11.9 Å². The van der Waals surface area contributed by atoms with Gasteiger partial charge in [-0.1, -0.05) is 0 Å². The van der Waals surface area contributed by atoms with Crippen LogP contribution in [-0.2, 0) is 17.6 Å². The Kier molecular flexibility index (Phi) is 2.84. The van der Waals surface area contributed by atoms with Crippen molar-refractivity contribution < 1.29 is 4.79 Å². The van der Waals surface area contributed by atoms with Gasteiger partial charge in [-0.3, -0.25) is 9.69 Å². The molecule has 1 N–H and O–H groups in total. The number of nitrogens with one attached hydrogen (secondary N) is 1. The van der Waals surface area contributed by atoms with Crippen LogP contribution in [0.3, 0.4) is 0 Å². The average Bonchev–Trinajstić information content (AvgIpc) is 3.01. The van der Waals surface area contributed by atoms with Crippen LogP contribution in [-0.4, -0.2) is 29.5 Å². The van der Waals surface area contributed by atoms with E-state index < -0.39 is 0 Å². The molecule has 0 bridgehead atoms. The summed E-state index contributed by atoms with van der Waals surface area (Å²) >= 11 is 1.74. The molecule has 4 nitrogen and oxygen atoms in total. The van der Waals surface area contributed by atoms with Gasteiger partial charge in [-0.15, -0.1) is 11.3 Å². The maximum atomic E-state index is 12.4.